The van der Waals surface area contributed by atoms with E-state index in [0.717, 1.165) is 18.4 Å². The molecule has 2 N–H and O–H groups in total. The van der Waals surface area contributed by atoms with Crippen molar-refractivity contribution in [3.63, 3.8) is 0 Å². The summed E-state index contributed by atoms with van der Waals surface area (Å²) in [4.78, 5) is 0. The summed E-state index contributed by atoms with van der Waals surface area (Å²) in [7, 11) is 0. The second-order valence-electron chi connectivity index (χ2n) is 3.35. The maximum atomic E-state index is 13.1. The highest BCUT2D eigenvalue weighted by atomic mass is 19.1. The normalized spacial score (nSPS) is 12.9. The van der Waals surface area contributed by atoms with Gasteiger partial charge < -0.3 is 5.73 Å². The molecule has 0 radical (unpaired) electrons. The standard InChI is InChI=1S/C11H16FN/c1-3-5-11(13)9-6-4-7-10(12)8(9)2/h4,6-7,11H,3,5,13H2,1-2H3/t11-/m1/s1. The summed E-state index contributed by atoms with van der Waals surface area (Å²) in [5, 5.41) is 0. The molecule has 72 valence electrons. The van der Waals surface area contributed by atoms with Gasteiger partial charge in [-0.25, -0.2) is 4.39 Å². The van der Waals surface area contributed by atoms with E-state index in [0.29, 0.717) is 5.56 Å². The van der Waals surface area contributed by atoms with Crippen LogP contribution in [-0.2, 0) is 0 Å². The first-order valence-corrected chi connectivity index (χ1v) is 4.67. The van der Waals surface area contributed by atoms with Gasteiger partial charge in [0.2, 0.25) is 0 Å². The Morgan fingerprint density at radius 2 is 2.15 bits per heavy atom. The van der Waals surface area contributed by atoms with E-state index in [1.165, 1.54) is 6.07 Å². The van der Waals surface area contributed by atoms with Crippen LogP contribution >= 0.6 is 0 Å². The van der Waals surface area contributed by atoms with Crippen molar-refractivity contribution in [1.29, 1.82) is 0 Å². The van der Waals surface area contributed by atoms with Gasteiger partial charge in [-0.3, -0.25) is 0 Å². The lowest BCUT2D eigenvalue weighted by atomic mass is 9.98. The van der Waals surface area contributed by atoms with E-state index in [1.807, 2.05) is 6.07 Å². The number of hydrogen-bond acceptors (Lipinski definition) is 1. The lowest BCUT2D eigenvalue weighted by molar-refractivity contribution is 0.594. The summed E-state index contributed by atoms with van der Waals surface area (Å²) in [5.74, 6) is -0.163. The minimum Gasteiger partial charge on any atom is -0.324 e. The zero-order valence-electron chi connectivity index (χ0n) is 8.18. The van der Waals surface area contributed by atoms with Crippen LogP contribution in [0.1, 0.15) is 36.9 Å². The third-order valence-electron chi connectivity index (χ3n) is 2.31. The van der Waals surface area contributed by atoms with Crippen LogP contribution in [0.15, 0.2) is 18.2 Å². The average Bonchev–Trinajstić information content (AvgIpc) is 2.10. The Bertz CT molecular complexity index is 283. The largest absolute Gasteiger partial charge is 0.324 e. The molecule has 0 saturated carbocycles. The van der Waals surface area contributed by atoms with Crippen LogP contribution in [0.3, 0.4) is 0 Å². The van der Waals surface area contributed by atoms with E-state index in [2.05, 4.69) is 6.92 Å². The molecule has 2 heteroatoms. The smallest absolute Gasteiger partial charge is 0.126 e. The topological polar surface area (TPSA) is 26.0 Å². The van der Waals surface area contributed by atoms with Gasteiger partial charge in [0.05, 0.1) is 0 Å². The fourth-order valence-electron chi connectivity index (χ4n) is 1.49. The van der Waals surface area contributed by atoms with Crippen molar-refractivity contribution in [2.45, 2.75) is 32.7 Å². The summed E-state index contributed by atoms with van der Waals surface area (Å²) >= 11 is 0. The van der Waals surface area contributed by atoms with E-state index in [-0.39, 0.29) is 11.9 Å². The van der Waals surface area contributed by atoms with Crippen molar-refractivity contribution in [2.24, 2.45) is 5.73 Å². The molecule has 0 saturated heterocycles. The Balaban J connectivity index is 2.93. The predicted octanol–water partition coefficient (Wildman–Crippen LogP) is 2.93. The van der Waals surface area contributed by atoms with E-state index >= 15 is 0 Å². The minimum atomic E-state index is -0.163. The third kappa shape index (κ3) is 2.28. The molecule has 0 aliphatic carbocycles. The highest BCUT2D eigenvalue weighted by molar-refractivity contribution is 5.29. The van der Waals surface area contributed by atoms with E-state index in [1.54, 1.807) is 13.0 Å². The molecular weight excluding hydrogens is 165 g/mol. The van der Waals surface area contributed by atoms with Crippen molar-refractivity contribution < 1.29 is 4.39 Å². The average molecular weight is 181 g/mol. The monoisotopic (exact) mass is 181 g/mol. The van der Waals surface area contributed by atoms with Crippen LogP contribution < -0.4 is 5.73 Å². The SMILES string of the molecule is CCC[C@@H](N)c1cccc(F)c1C. The summed E-state index contributed by atoms with van der Waals surface area (Å²) < 4.78 is 13.1. The highest BCUT2D eigenvalue weighted by Crippen LogP contribution is 2.21. The zero-order chi connectivity index (χ0) is 9.84. The molecule has 13 heavy (non-hydrogen) atoms. The Morgan fingerprint density at radius 1 is 1.46 bits per heavy atom. The van der Waals surface area contributed by atoms with Gasteiger partial charge in [0.1, 0.15) is 5.82 Å². The van der Waals surface area contributed by atoms with Crippen molar-refractivity contribution in [3.8, 4) is 0 Å². The van der Waals surface area contributed by atoms with Crippen molar-refractivity contribution in [3.05, 3.63) is 35.1 Å². The molecule has 0 spiro atoms. The highest BCUT2D eigenvalue weighted by Gasteiger charge is 2.09. The van der Waals surface area contributed by atoms with Gasteiger partial charge in [0.25, 0.3) is 0 Å². The van der Waals surface area contributed by atoms with Crippen LogP contribution in [0.25, 0.3) is 0 Å². The van der Waals surface area contributed by atoms with Crippen LogP contribution in [0.4, 0.5) is 4.39 Å². The summed E-state index contributed by atoms with van der Waals surface area (Å²) in [6.07, 6.45) is 1.93. The molecule has 0 fully saturated rings. The van der Waals surface area contributed by atoms with Crippen molar-refractivity contribution in [1.82, 2.24) is 0 Å². The Hall–Kier alpha value is -0.890. The summed E-state index contributed by atoms with van der Waals surface area (Å²) in [6.45, 7) is 3.86. The Kier molecular flexibility index (Phi) is 3.43. The van der Waals surface area contributed by atoms with Gasteiger partial charge in [-0.2, -0.15) is 0 Å². The summed E-state index contributed by atoms with van der Waals surface area (Å²) in [5.41, 5.74) is 7.52. The van der Waals surface area contributed by atoms with Crippen LogP contribution in [0, 0.1) is 12.7 Å². The first-order chi connectivity index (χ1) is 6.16. The van der Waals surface area contributed by atoms with Gasteiger partial charge in [0, 0.05) is 6.04 Å². The molecule has 1 nitrogen and oxygen atoms in total. The number of halogens is 1. The van der Waals surface area contributed by atoms with E-state index in [9.17, 15) is 4.39 Å². The molecule has 0 amide bonds. The number of benzene rings is 1. The fraction of sp³-hybridized carbons (Fsp3) is 0.455. The molecule has 0 aromatic heterocycles. The van der Waals surface area contributed by atoms with Crippen LogP contribution in [0.2, 0.25) is 0 Å². The molecule has 1 atom stereocenters. The lowest BCUT2D eigenvalue weighted by Gasteiger charge is -2.13. The Labute approximate surface area is 78.8 Å². The molecular formula is C11H16FN. The third-order valence-corrected chi connectivity index (χ3v) is 2.31. The maximum absolute atomic E-state index is 13.1. The first kappa shape index (κ1) is 10.2. The second kappa shape index (κ2) is 4.38. The maximum Gasteiger partial charge on any atom is 0.126 e. The van der Waals surface area contributed by atoms with Gasteiger partial charge in [-0.05, 0) is 30.5 Å². The second-order valence-corrected chi connectivity index (χ2v) is 3.35. The van der Waals surface area contributed by atoms with Gasteiger partial charge in [-0.1, -0.05) is 25.5 Å². The molecule has 1 rings (SSSR count). The van der Waals surface area contributed by atoms with E-state index in [4.69, 9.17) is 5.73 Å². The summed E-state index contributed by atoms with van der Waals surface area (Å²) in [6, 6.07) is 5.06. The van der Waals surface area contributed by atoms with Crippen LogP contribution in [-0.4, -0.2) is 0 Å². The van der Waals surface area contributed by atoms with Gasteiger partial charge >= 0.3 is 0 Å². The molecule has 0 unspecified atom stereocenters. The zero-order valence-corrected chi connectivity index (χ0v) is 8.18. The molecule has 0 bridgehead atoms. The van der Waals surface area contributed by atoms with Crippen molar-refractivity contribution >= 4 is 0 Å². The van der Waals surface area contributed by atoms with Gasteiger partial charge in [0.15, 0.2) is 0 Å². The predicted molar refractivity (Wildman–Crippen MR) is 53.0 cm³/mol. The van der Waals surface area contributed by atoms with Crippen molar-refractivity contribution in [2.75, 3.05) is 0 Å². The minimum absolute atomic E-state index is 0.0271. The number of rotatable bonds is 3. The van der Waals surface area contributed by atoms with Gasteiger partial charge in [-0.15, -0.1) is 0 Å². The molecule has 0 aliphatic rings. The molecule has 1 aromatic carbocycles. The molecule has 0 heterocycles. The lowest BCUT2D eigenvalue weighted by Crippen LogP contribution is -2.11. The number of nitrogens with two attached hydrogens (primary N) is 1. The number of hydrogen-bond donors (Lipinski definition) is 1. The molecule has 0 aliphatic heterocycles. The van der Waals surface area contributed by atoms with E-state index < -0.39 is 0 Å². The quantitative estimate of drug-likeness (QED) is 0.762. The van der Waals surface area contributed by atoms with Crippen LogP contribution in [0.5, 0.6) is 0 Å². The first-order valence-electron chi connectivity index (χ1n) is 4.67. The molecule has 1 aromatic rings. The fourth-order valence-corrected chi connectivity index (χ4v) is 1.49. The Morgan fingerprint density at radius 3 is 2.77 bits per heavy atom.